The van der Waals surface area contributed by atoms with Gasteiger partial charge in [-0.2, -0.15) is 4.31 Å². The first-order valence-electron chi connectivity index (χ1n) is 9.09. The number of aromatic nitrogens is 1. The largest absolute Gasteiger partial charge is 0.431 e. The Kier molecular flexibility index (Phi) is 6.30. The molecule has 1 amide bonds. The number of para-hydroxylation sites is 2. The number of carbonyl (C=O) groups is 1. The van der Waals surface area contributed by atoms with Gasteiger partial charge in [0.25, 0.3) is 5.22 Å². The molecule has 1 aliphatic heterocycles. The predicted octanol–water partition coefficient (Wildman–Crippen LogP) is 3.23. The third kappa shape index (κ3) is 4.62. The van der Waals surface area contributed by atoms with Crippen molar-refractivity contribution in [2.24, 2.45) is 0 Å². The van der Waals surface area contributed by atoms with Gasteiger partial charge in [0.2, 0.25) is 15.9 Å². The van der Waals surface area contributed by atoms with Crippen molar-refractivity contribution >= 4 is 56.1 Å². The Morgan fingerprint density at radius 2 is 1.97 bits per heavy atom. The predicted molar refractivity (Wildman–Crippen MR) is 114 cm³/mol. The lowest BCUT2D eigenvalue weighted by Gasteiger charge is -2.26. The number of morpholine rings is 1. The molecule has 0 bridgehead atoms. The van der Waals surface area contributed by atoms with E-state index in [0.29, 0.717) is 29.5 Å². The lowest BCUT2D eigenvalue weighted by Crippen LogP contribution is -2.40. The summed E-state index contributed by atoms with van der Waals surface area (Å²) in [5.41, 5.74) is 1.59. The van der Waals surface area contributed by atoms with Gasteiger partial charge >= 0.3 is 0 Å². The molecule has 11 heteroatoms. The van der Waals surface area contributed by atoms with Crippen LogP contribution in [0.5, 0.6) is 0 Å². The van der Waals surface area contributed by atoms with E-state index in [1.807, 2.05) is 18.2 Å². The maximum absolute atomic E-state index is 12.8. The van der Waals surface area contributed by atoms with Crippen molar-refractivity contribution < 1.29 is 22.4 Å². The smallest absolute Gasteiger partial charge is 0.257 e. The van der Waals surface area contributed by atoms with Crippen molar-refractivity contribution in [2.45, 2.75) is 10.1 Å². The number of hydrogen-bond acceptors (Lipinski definition) is 7. The van der Waals surface area contributed by atoms with Crippen LogP contribution in [0.25, 0.3) is 11.1 Å². The number of thioether (sulfide) groups is 1. The Balaban J connectivity index is 1.44. The maximum atomic E-state index is 12.8. The Hall–Kier alpha value is -2.11. The third-order valence-corrected chi connectivity index (χ3v) is 7.47. The zero-order valence-corrected chi connectivity index (χ0v) is 18.1. The minimum Gasteiger partial charge on any atom is -0.431 e. The van der Waals surface area contributed by atoms with Crippen molar-refractivity contribution in [2.75, 3.05) is 37.4 Å². The second kappa shape index (κ2) is 8.94. The topological polar surface area (TPSA) is 102 Å². The molecule has 1 aliphatic rings. The van der Waals surface area contributed by atoms with Crippen LogP contribution in [0.1, 0.15) is 0 Å². The number of amides is 1. The van der Waals surface area contributed by atoms with E-state index in [1.54, 1.807) is 6.07 Å². The quantitative estimate of drug-likeness (QED) is 0.555. The first-order chi connectivity index (χ1) is 14.4. The zero-order valence-electron chi connectivity index (χ0n) is 15.7. The fourth-order valence-corrected chi connectivity index (χ4v) is 5.16. The van der Waals surface area contributed by atoms with E-state index >= 15 is 0 Å². The van der Waals surface area contributed by atoms with Crippen molar-refractivity contribution in [3.8, 4) is 0 Å². The van der Waals surface area contributed by atoms with Gasteiger partial charge in [-0.15, -0.1) is 0 Å². The number of oxazole rings is 1. The molecule has 8 nitrogen and oxygen atoms in total. The van der Waals surface area contributed by atoms with Gasteiger partial charge in [0.15, 0.2) is 5.58 Å². The van der Waals surface area contributed by atoms with Crippen LogP contribution in [-0.4, -0.2) is 55.7 Å². The molecule has 158 valence electrons. The summed E-state index contributed by atoms with van der Waals surface area (Å²) < 4.78 is 37.8. The second-order valence-electron chi connectivity index (χ2n) is 6.44. The molecule has 1 fully saturated rings. The average Bonchev–Trinajstić information content (AvgIpc) is 3.17. The molecule has 0 unspecified atom stereocenters. The number of nitrogens with one attached hydrogen (secondary N) is 1. The number of rotatable bonds is 6. The number of ether oxygens (including phenoxy) is 1. The van der Waals surface area contributed by atoms with E-state index in [4.69, 9.17) is 20.8 Å². The lowest BCUT2D eigenvalue weighted by molar-refractivity contribution is -0.113. The van der Waals surface area contributed by atoms with E-state index in [1.165, 1.54) is 22.5 Å². The van der Waals surface area contributed by atoms with Crippen molar-refractivity contribution in [3.05, 3.63) is 47.5 Å². The molecule has 0 radical (unpaired) electrons. The second-order valence-corrected chi connectivity index (χ2v) is 9.71. The van der Waals surface area contributed by atoms with Crippen LogP contribution in [0.3, 0.4) is 0 Å². The molecule has 1 aromatic heterocycles. The van der Waals surface area contributed by atoms with Crippen LogP contribution in [0.2, 0.25) is 5.02 Å². The molecule has 4 rings (SSSR count). The molecular formula is C19H18ClN3O5S2. The number of carbonyl (C=O) groups excluding carboxylic acids is 1. The van der Waals surface area contributed by atoms with Crippen molar-refractivity contribution in [1.29, 1.82) is 0 Å². The molecule has 3 aromatic rings. The van der Waals surface area contributed by atoms with Gasteiger partial charge in [0, 0.05) is 13.1 Å². The Labute approximate surface area is 182 Å². The van der Waals surface area contributed by atoms with E-state index in [9.17, 15) is 13.2 Å². The highest BCUT2D eigenvalue weighted by Gasteiger charge is 2.27. The van der Waals surface area contributed by atoms with Gasteiger partial charge in [-0.25, -0.2) is 13.4 Å². The number of benzene rings is 2. The minimum absolute atomic E-state index is 0.0313. The number of anilines is 1. The molecular weight excluding hydrogens is 450 g/mol. The normalized spacial score (nSPS) is 15.4. The van der Waals surface area contributed by atoms with Crippen LogP contribution in [0.4, 0.5) is 5.69 Å². The Morgan fingerprint density at radius 3 is 2.73 bits per heavy atom. The summed E-state index contributed by atoms with van der Waals surface area (Å²) in [4.78, 5) is 16.7. The molecule has 2 aromatic carbocycles. The number of nitrogens with zero attached hydrogens (tertiary/aromatic N) is 2. The average molecular weight is 468 g/mol. The first kappa shape index (κ1) is 21.1. The van der Waals surface area contributed by atoms with Gasteiger partial charge in [0.1, 0.15) is 5.52 Å². The molecule has 30 heavy (non-hydrogen) atoms. The standard InChI is InChI=1S/C19H18ClN3O5S2/c20-14-6-5-13(30(25,26)23-7-9-27-10-8-23)11-16(14)21-18(24)12-29-19-22-15-3-1-2-4-17(15)28-19/h1-6,11H,7-10,12H2,(H,21,24). The Bertz CT molecular complexity index is 1140. The third-order valence-electron chi connectivity index (χ3n) is 4.42. The summed E-state index contributed by atoms with van der Waals surface area (Å²) >= 11 is 7.30. The number of sulfonamides is 1. The Morgan fingerprint density at radius 1 is 1.20 bits per heavy atom. The summed E-state index contributed by atoms with van der Waals surface area (Å²) in [5, 5.41) is 3.28. The number of fused-ring (bicyclic) bond motifs is 1. The summed E-state index contributed by atoms with van der Waals surface area (Å²) in [6, 6.07) is 11.6. The molecule has 1 saturated heterocycles. The van der Waals surface area contributed by atoms with Gasteiger partial charge < -0.3 is 14.5 Å². The summed E-state index contributed by atoms with van der Waals surface area (Å²) in [6.45, 7) is 1.27. The maximum Gasteiger partial charge on any atom is 0.257 e. The molecule has 0 spiro atoms. The van der Waals surface area contributed by atoms with Gasteiger partial charge in [0.05, 0.1) is 34.6 Å². The lowest BCUT2D eigenvalue weighted by atomic mass is 10.3. The summed E-state index contributed by atoms with van der Waals surface area (Å²) in [6.07, 6.45) is 0. The van der Waals surface area contributed by atoms with Gasteiger partial charge in [-0.3, -0.25) is 4.79 Å². The molecule has 0 saturated carbocycles. The van der Waals surface area contributed by atoms with Crippen LogP contribution >= 0.6 is 23.4 Å². The highest BCUT2D eigenvalue weighted by Crippen LogP contribution is 2.28. The zero-order chi connectivity index (χ0) is 21.1. The molecule has 2 heterocycles. The fraction of sp³-hybridized carbons (Fsp3) is 0.263. The van der Waals surface area contributed by atoms with E-state index < -0.39 is 10.0 Å². The minimum atomic E-state index is -3.69. The monoisotopic (exact) mass is 467 g/mol. The molecule has 1 N–H and O–H groups in total. The van der Waals surface area contributed by atoms with Gasteiger partial charge in [-0.05, 0) is 30.3 Å². The summed E-state index contributed by atoms with van der Waals surface area (Å²) in [5.74, 6) is -0.325. The van der Waals surface area contributed by atoms with Gasteiger partial charge in [-0.1, -0.05) is 35.5 Å². The van der Waals surface area contributed by atoms with Crippen LogP contribution in [-0.2, 0) is 19.6 Å². The van der Waals surface area contributed by atoms with E-state index in [0.717, 1.165) is 11.8 Å². The van der Waals surface area contributed by atoms with Crippen LogP contribution < -0.4 is 5.32 Å². The van der Waals surface area contributed by atoms with E-state index in [-0.39, 0.29) is 40.4 Å². The van der Waals surface area contributed by atoms with Crippen LogP contribution in [0.15, 0.2) is 57.0 Å². The number of hydrogen-bond donors (Lipinski definition) is 1. The van der Waals surface area contributed by atoms with Crippen molar-refractivity contribution in [1.82, 2.24) is 9.29 Å². The van der Waals surface area contributed by atoms with E-state index in [2.05, 4.69) is 10.3 Å². The van der Waals surface area contributed by atoms with Crippen LogP contribution in [0, 0.1) is 0 Å². The number of halogens is 1. The molecule has 0 aliphatic carbocycles. The summed E-state index contributed by atoms with van der Waals surface area (Å²) in [7, 11) is -3.69. The molecule has 0 atom stereocenters. The SMILES string of the molecule is O=C(CSc1nc2ccccc2o1)Nc1cc(S(=O)(=O)N2CCOCC2)ccc1Cl. The first-order valence-corrected chi connectivity index (χ1v) is 11.9. The fourth-order valence-electron chi connectivity index (χ4n) is 2.92. The highest BCUT2D eigenvalue weighted by molar-refractivity contribution is 7.99. The highest BCUT2D eigenvalue weighted by atomic mass is 35.5. The van der Waals surface area contributed by atoms with Crippen molar-refractivity contribution in [3.63, 3.8) is 0 Å².